The summed E-state index contributed by atoms with van der Waals surface area (Å²) in [5.41, 5.74) is 2.70. The molecule has 1 aliphatic heterocycles. The number of hydrogen-bond donors (Lipinski definition) is 1. The summed E-state index contributed by atoms with van der Waals surface area (Å²) in [5.74, 6) is -0.709. The quantitative estimate of drug-likeness (QED) is 0.848. The first-order valence-corrected chi connectivity index (χ1v) is 9.27. The van der Waals surface area contributed by atoms with E-state index in [2.05, 4.69) is 0 Å². The van der Waals surface area contributed by atoms with Crippen molar-refractivity contribution in [3.8, 4) is 5.75 Å². The number of amides is 1. The number of carboxylic acid groups (broad SMARTS) is 1. The average molecular weight is 388 g/mol. The van der Waals surface area contributed by atoms with Crippen molar-refractivity contribution in [1.82, 2.24) is 4.90 Å². The van der Waals surface area contributed by atoms with Gasteiger partial charge in [0, 0.05) is 23.0 Å². The predicted octanol–water partition coefficient (Wildman–Crippen LogP) is 3.73. The van der Waals surface area contributed by atoms with Crippen LogP contribution in [0.4, 0.5) is 0 Å². The van der Waals surface area contributed by atoms with Crippen LogP contribution in [0.15, 0.2) is 42.5 Å². The number of rotatable bonds is 5. The van der Waals surface area contributed by atoms with Crippen LogP contribution in [0.5, 0.6) is 5.75 Å². The van der Waals surface area contributed by atoms with Crippen LogP contribution >= 0.6 is 11.6 Å². The van der Waals surface area contributed by atoms with E-state index in [1.165, 1.54) is 4.90 Å². The molecule has 0 spiro atoms. The summed E-state index contributed by atoms with van der Waals surface area (Å²) in [7, 11) is 1.60. The summed E-state index contributed by atoms with van der Waals surface area (Å²) in [6, 6.07) is 12.2. The Hall–Kier alpha value is -2.53. The van der Waals surface area contributed by atoms with Gasteiger partial charge in [-0.1, -0.05) is 42.8 Å². The third kappa shape index (κ3) is 3.78. The van der Waals surface area contributed by atoms with Crippen LogP contribution in [-0.2, 0) is 16.0 Å². The Labute approximate surface area is 163 Å². The SMILES string of the molecule is CCC(C(=O)O)N1CC(c2ccccc2OC)c2cc(Cl)ccc2CC1=O. The molecule has 1 N–H and O–H groups in total. The molecule has 27 heavy (non-hydrogen) atoms. The number of aliphatic carboxylic acids is 1. The molecule has 2 atom stereocenters. The number of benzene rings is 2. The molecule has 1 amide bonds. The molecule has 0 radical (unpaired) electrons. The Morgan fingerprint density at radius 2 is 2.04 bits per heavy atom. The van der Waals surface area contributed by atoms with Crippen molar-refractivity contribution >= 4 is 23.5 Å². The number of halogens is 1. The lowest BCUT2D eigenvalue weighted by atomic mass is 9.87. The van der Waals surface area contributed by atoms with Crippen LogP contribution in [0.2, 0.25) is 5.02 Å². The Balaban J connectivity index is 2.16. The molecule has 1 aliphatic rings. The molecule has 0 saturated carbocycles. The summed E-state index contributed by atoms with van der Waals surface area (Å²) in [5, 5.41) is 10.2. The molecule has 2 unspecified atom stereocenters. The number of hydrogen-bond acceptors (Lipinski definition) is 3. The second-order valence-electron chi connectivity index (χ2n) is 6.62. The maximum Gasteiger partial charge on any atom is 0.326 e. The molecule has 0 fully saturated rings. The highest BCUT2D eigenvalue weighted by molar-refractivity contribution is 6.30. The van der Waals surface area contributed by atoms with E-state index in [1.54, 1.807) is 20.1 Å². The number of fused-ring (bicyclic) bond motifs is 1. The maximum atomic E-state index is 12.9. The largest absolute Gasteiger partial charge is 0.496 e. The van der Waals surface area contributed by atoms with Crippen molar-refractivity contribution in [3.05, 3.63) is 64.2 Å². The lowest BCUT2D eigenvalue weighted by Crippen LogP contribution is -2.46. The third-order valence-electron chi connectivity index (χ3n) is 5.09. The smallest absolute Gasteiger partial charge is 0.326 e. The second kappa shape index (κ2) is 8.01. The highest BCUT2D eigenvalue weighted by Crippen LogP contribution is 2.38. The number of methoxy groups -OCH3 is 1. The highest BCUT2D eigenvalue weighted by Gasteiger charge is 2.35. The van der Waals surface area contributed by atoms with Gasteiger partial charge < -0.3 is 14.7 Å². The van der Waals surface area contributed by atoms with E-state index in [1.807, 2.05) is 36.4 Å². The van der Waals surface area contributed by atoms with Crippen LogP contribution in [0, 0.1) is 0 Å². The van der Waals surface area contributed by atoms with Gasteiger partial charge in [-0.05, 0) is 35.7 Å². The van der Waals surface area contributed by atoms with E-state index in [-0.39, 0.29) is 24.8 Å². The standard InChI is InChI=1S/C21H22ClNO4/c1-3-18(21(25)26)23-12-17(15-6-4-5-7-19(15)27-2)16-11-14(22)9-8-13(16)10-20(23)24/h4-9,11,17-18H,3,10,12H2,1-2H3,(H,25,26). The van der Waals surface area contributed by atoms with Crippen molar-refractivity contribution in [1.29, 1.82) is 0 Å². The number of ether oxygens (including phenoxy) is 1. The molecular formula is C21H22ClNO4. The first-order chi connectivity index (χ1) is 13.0. The van der Waals surface area contributed by atoms with Crippen LogP contribution in [0.25, 0.3) is 0 Å². The fraction of sp³-hybridized carbons (Fsp3) is 0.333. The van der Waals surface area contributed by atoms with Gasteiger partial charge in [-0.25, -0.2) is 4.79 Å². The molecule has 1 heterocycles. The number of carboxylic acids is 1. The van der Waals surface area contributed by atoms with Crippen molar-refractivity contribution < 1.29 is 19.4 Å². The lowest BCUT2D eigenvalue weighted by Gasteiger charge is -2.30. The molecule has 0 saturated heterocycles. The van der Waals surface area contributed by atoms with Gasteiger partial charge in [-0.15, -0.1) is 0 Å². The minimum absolute atomic E-state index is 0.155. The molecular weight excluding hydrogens is 366 g/mol. The monoisotopic (exact) mass is 387 g/mol. The summed E-state index contributed by atoms with van der Waals surface area (Å²) in [4.78, 5) is 26.1. The molecule has 2 aromatic carbocycles. The molecule has 142 valence electrons. The number of para-hydroxylation sites is 1. The zero-order chi connectivity index (χ0) is 19.6. The topological polar surface area (TPSA) is 66.8 Å². The average Bonchev–Trinajstić information content (AvgIpc) is 2.79. The lowest BCUT2D eigenvalue weighted by molar-refractivity contribution is -0.150. The number of carbonyl (C=O) groups excluding carboxylic acids is 1. The molecule has 0 bridgehead atoms. The van der Waals surface area contributed by atoms with Crippen LogP contribution in [-0.4, -0.2) is 41.6 Å². The van der Waals surface area contributed by atoms with E-state index in [0.29, 0.717) is 17.2 Å². The third-order valence-corrected chi connectivity index (χ3v) is 5.32. The summed E-state index contributed by atoms with van der Waals surface area (Å²) in [6.07, 6.45) is 0.499. The molecule has 6 heteroatoms. The van der Waals surface area contributed by atoms with Crippen molar-refractivity contribution in [3.63, 3.8) is 0 Å². The van der Waals surface area contributed by atoms with Gasteiger partial charge in [-0.2, -0.15) is 0 Å². The van der Waals surface area contributed by atoms with Gasteiger partial charge >= 0.3 is 5.97 Å². The Morgan fingerprint density at radius 1 is 1.30 bits per heavy atom. The molecule has 2 aromatic rings. The summed E-state index contributed by atoms with van der Waals surface area (Å²) >= 11 is 6.25. The number of nitrogens with zero attached hydrogens (tertiary/aromatic N) is 1. The highest BCUT2D eigenvalue weighted by atomic mass is 35.5. The van der Waals surface area contributed by atoms with Crippen LogP contribution < -0.4 is 4.74 Å². The van der Waals surface area contributed by atoms with Gasteiger partial charge in [0.25, 0.3) is 0 Å². The van der Waals surface area contributed by atoms with E-state index >= 15 is 0 Å². The van der Waals surface area contributed by atoms with Gasteiger partial charge in [0.1, 0.15) is 11.8 Å². The van der Waals surface area contributed by atoms with Crippen molar-refractivity contribution in [2.45, 2.75) is 31.7 Å². The summed E-state index contributed by atoms with van der Waals surface area (Å²) in [6.45, 7) is 2.04. The van der Waals surface area contributed by atoms with E-state index in [0.717, 1.165) is 16.7 Å². The van der Waals surface area contributed by atoms with E-state index in [9.17, 15) is 14.7 Å². The zero-order valence-corrected chi connectivity index (χ0v) is 16.1. The zero-order valence-electron chi connectivity index (χ0n) is 15.3. The summed E-state index contributed by atoms with van der Waals surface area (Å²) < 4.78 is 5.53. The fourth-order valence-corrected chi connectivity index (χ4v) is 3.94. The predicted molar refractivity (Wildman–Crippen MR) is 103 cm³/mol. The van der Waals surface area contributed by atoms with Crippen LogP contribution in [0.1, 0.15) is 36.0 Å². The minimum Gasteiger partial charge on any atom is -0.496 e. The molecule has 5 nitrogen and oxygen atoms in total. The van der Waals surface area contributed by atoms with Gasteiger partial charge in [0.05, 0.1) is 13.5 Å². The first kappa shape index (κ1) is 19.2. The van der Waals surface area contributed by atoms with E-state index < -0.39 is 12.0 Å². The number of carbonyl (C=O) groups is 2. The minimum atomic E-state index is -0.992. The normalized spacial score (nSPS) is 17.8. The molecule has 3 rings (SSSR count). The fourth-order valence-electron chi connectivity index (χ4n) is 3.76. The van der Waals surface area contributed by atoms with Crippen molar-refractivity contribution in [2.75, 3.05) is 13.7 Å². The second-order valence-corrected chi connectivity index (χ2v) is 7.06. The van der Waals surface area contributed by atoms with Crippen molar-refractivity contribution in [2.24, 2.45) is 0 Å². The molecule has 0 aliphatic carbocycles. The Bertz CT molecular complexity index is 867. The van der Waals surface area contributed by atoms with E-state index in [4.69, 9.17) is 16.3 Å². The maximum absolute atomic E-state index is 12.9. The Morgan fingerprint density at radius 3 is 2.70 bits per heavy atom. The Kier molecular flexibility index (Phi) is 5.71. The van der Waals surface area contributed by atoms with Gasteiger partial charge in [0.2, 0.25) is 5.91 Å². The molecule has 0 aromatic heterocycles. The van der Waals surface area contributed by atoms with Gasteiger partial charge in [0.15, 0.2) is 0 Å². The first-order valence-electron chi connectivity index (χ1n) is 8.89. The van der Waals surface area contributed by atoms with Crippen LogP contribution in [0.3, 0.4) is 0 Å². The van der Waals surface area contributed by atoms with Gasteiger partial charge in [-0.3, -0.25) is 4.79 Å².